The summed E-state index contributed by atoms with van der Waals surface area (Å²) in [6.07, 6.45) is -3.01. The second-order valence-electron chi connectivity index (χ2n) is 9.76. The number of carbonyl (C=O) groups excluding carboxylic acids is 2. The van der Waals surface area contributed by atoms with E-state index in [4.69, 9.17) is 0 Å². The molecule has 2 aliphatic heterocycles. The number of hydrogen-bond acceptors (Lipinski definition) is 3. The zero-order valence-corrected chi connectivity index (χ0v) is 21.0. The lowest BCUT2D eigenvalue weighted by Gasteiger charge is -2.47. The Morgan fingerprint density at radius 2 is 1.92 bits per heavy atom. The molecular weight excluding hydrogens is 471 g/mol. The summed E-state index contributed by atoms with van der Waals surface area (Å²) in [6.45, 7) is 6.10. The molecule has 0 saturated carbocycles. The van der Waals surface area contributed by atoms with E-state index in [1.165, 1.54) is 4.90 Å². The van der Waals surface area contributed by atoms with Crippen molar-refractivity contribution in [2.75, 3.05) is 20.1 Å². The third-order valence-electron chi connectivity index (χ3n) is 7.59. The molecule has 2 heterocycles. The number of carbonyl (C=O) groups is 2. The van der Waals surface area contributed by atoms with Gasteiger partial charge < -0.3 is 19.8 Å². The third-order valence-corrected chi connectivity index (χ3v) is 7.59. The van der Waals surface area contributed by atoms with Gasteiger partial charge in [-0.1, -0.05) is 19.1 Å². The first kappa shape index (κ1) is 25.9. The Balaban J connectivity index is 1.68. The molecule has 6 nitrogen and oxygen atoms in total. The van der Waals surface area contributed by atoms with Crippen molar-refractivity contribution in [3.05, 3.63) is 64.2 Å². The number of aryl methyl sites for hydroxylation is 2. The second kappa shape index (κ2) is 9.67. The number of nitrogens with zero attached hydrogens (tertiary/aromatic N) is 3. The molecule has 36 heavy (non-hydrogen) atoms. The first-order valence-electron chi connectivity index (χ1n) is 12.3. The Labute approximate surface area is 209 Å². The van der Waals surface area contributed by atoms with Crippen molar-refractivity contribution in [3.63, 3.8) is 0 Å². The molecule has 0 spiro atoms. The van der Waals surface area contributed by atoms with E-state index in [0.29, 0.717) is 43.5 Å². The van der Waals surface area contributed by atoms with Crippen LogP contribution in [0.5, 0.6) is 5.75 Å². The molecule has 194 valence electrons. The smallest absolute Gasteiger partial charge is 0.416 e. The minimum absolute atomic E-state index is 0.0614. The number of aromatic hydroxyl groups is 1. The average Bonchev–Trinajstić information content (AvgIpc) is 3.22. The molecule has 0 bridgehead atoms. The molecule has 9 heteroatoms. The molecule has 0 aromatic heterocycles. The van der Waals surface area contributed by atoms with Crippen LogP contribution in [-0.2, 0) is 17.4 Å². The van der Waals surface area contributed by atoms with Gasteiger partial charge in [0.25, 0.3) is 0 Å². The number of alkyl halides is 3. The molecule has 3 amide bonds. The van der Waals surface area contributed by atoms with Crippen LogP contribution in [-0.4, -0.2) is 57.9 Å². The van der Waals surface area contributed by atoms with Crippen LogP contribution < -0.4 is 0 Å². The summed E-state index contributed by atoms with van der Waals surface area (Å²) in [7, 11) is 1.60. The van der Waals surface area contributed by atoms with Gasteiger partial charge in [0.1, 0.15) is 5.75 Å². The number of piperazine rings is 1. The molecule has 4 rings (SSSR count). The number of phenolic OH excluding ortho intramolecular Hbond substituents is 1. The minimum Gasteiger partial charge on any atom is -0.508 e. The number of benzene rings is 2. The Bertz CT molecular complexity index is 1170. The lowest BCUT2D eigenvalue weighted by molar-refractivity contribution is -0.137. The molecule has 2 aliphatic rings. The number of fused-ring (bicyclic) bond motifs is 1. The summed E-state index contributed by atoms with van der Waals surface area (Å²) >= 11 is 0. The van der Waals surface area contributed by atoms with Crippen LogP contribution in [0.25, 0.3) is 0 Å². The van der Waals surface area contributed by atoms with Gasteiger partial charge in [0.05, 0.1) is 23.7 Å². The van der Waals surface area contributed by atoms with E-state index < -0.39 is 23.8 Å². The molecular formula is C27H32F3N3O3. The predicted molar refractivity (Wildman–Crippen MR) is 129 cm³/mol. The first-order chi connectivity index (χ1) is 16.9. The van der Waals surface area contributed by atoms with Crippen molar-refractivity contribution >= 4 is 11.9 Å². The molecule has 2 aromatic rings. The fourth-order valence-corrected chi connectivity index (χ4v) is 5.44. The van der Waals surface area contributed by atoms with Crippen LogP contribution >= 0.6 is 0 Å². The van der Waals surface area contributed by atoms with E-state index in [-0.39, 0.29) is 23.7 Å². The van der Waals surface area contributed by atoms with Crippen molar-refractivity contribution in [2.45, 2.75) is 64.3 Å². The van der Waals surface area contributed by atoms with E-state index in [2.05, 4.69) is 0 Å². The fraction of sp³-hybridized carbons (Fsp3) is 0.481. The van der Waals surface area contributed by atoms with Gasteiger partial charge in [-0.15, -0.1) is 0 Å². The number of rotatable bonds is 4. The number of urea groups is 1. The van der Waals surface area contributed by atoms with Gasteiger partial charge in [-0.05, 0) is 73.2 Å². The summed E-state index contributed by atoms with van der Waals surface area (Å²) in [4.78, 5) is 31.4. The number of halogens is 3. The largest absolute Gasteiger partial charge is 0.508 e. The molecule has 3 atom stereocenters. The van der Waals surface area contributed by atoms with Crippen molar-refractivity contribution in [3.8, 4) is 5.75 Å². The summed E-state index contributed by atoms with van der Waals surface area (Å²) in [5.41, 5.74) is 1.91. The summed E-state index contributed by atoms with van der Waals surface area (Å²) < 4.78 is 40.6. The van der Waals surface area contributed by atoms with Gasteiger partial charge in [0.2, 0.25) is 5.91 Å². The molecule has 2 aromatic carbocycles. The second-order valence-corrected chi connectivity index (χ2v) is 9.76. The standard InChI is InChI=1S/C27H32F3N3O3/c1-5-18-13-19(15-20(14-18)27(28,29)30)17(3)31(4)26(36)33-11-10-32-23(8-9-24(32)35)25(33)22-7-6-21(34)12-16(22)2/h6-7,12-15,17,23,25,34H,5,8-11H2,1-4H3/t17-,23+,25+/m1/s1. The van der Waals surface area contributed by atoms with Gasteiger partial charge in [0.15, 0.2) is 0 Å². The van der Waals surface area contributed by atoms with Crippen molar-refractivity contribution < 1.29 is 27.9 Å². The zero-order chi connectivity index (χ0) is 26.4. The molecule has 2 fully saturated rings. The maximum atomic E-state index is 13.9. The van der Waals surface area contributed by atoms with E-state index in [9.17, 15) is 27.9 Å². The first-order valence-corrected chi connectivity index (χ1v) is 12.3. The van der Waals surface area contributed by atoms with E-state index in [1.54, 1.807) is 50.1 Å². The summed E-state index contributed by atoms with van der Waals surface area (Å²) in [6, 6.07) is 7.45. The Kier molecular flexibility index (Phi) is 6.94. The Hall–Kier alpha value is -3.23. The Morgan fingerprint density at radius 1 is 1.19 bits per heavy atom. The molecule has 0 radical (unpaired) electrons. The molecule has 1 N–H and O–H groups in total. The quantitative estimate of drug-likeness (QED) is 0.604. The molecule has 0 unspecified atom stereocenters. The maximum absolute atomic E-state index is 13.9. The van der Waals surface area contributed by atoms with Crippen molar-refractivity contribution in [1.29, 1.82) is 0 Å². The molecule has 2 saturated heterocycles. The third kappa shape index (κ3) is 4.75. The SMILES string of the molecule is CCc1cc([C@@H](C)N(C)C(=O)N2CCN3C(=O)CC[C@H]3[C@@H]2c2ccc(O)cc2C)cc(C(F)(F)F)c1. The van der Waals surface area contributed by atoms with Crippen LogP contribution in [0.4, 0.5) is 18.0 Å². The van der Waals surface area contributed by atoms with Crippen LogP contribution in [0, 0.1) is 6.92 Å². The van der Waals surface area contributed by atoms with Gasteiger partial charge in [-0.25, -0.2) is 4.79 Å². The van der Waals surface area contributed by atoms with Gasteiger partial charge >= 0.3 is 12.2 Å². The highest BCUT2D eigenvalue weighted by atomic mass is 19.4. The summed E-state index contributed by atoms with van der Waals surface area (Å²) in [5, 5.41) is 9.92. The van der Waals surface area contributed by atoms with Crippen LogP contribution in [0.3, 0.4) is 0 Å². The number of amides is 3. The minimum atomic E-state index is -4.48. The highest BCUT2D eigenvalue weighted by Gasteiger charge is 2.46. The van der Waals surface area contributed by atoms with Crippen LogP contribution in [0.2, 0.25) is 0 Å². The molecule has 0 aliphatic carbocycles. The van der Waals surface area contributed by atoms with Gasteiger partial charge in [0, 0.05) is 26.6 Å². The predicted octanol–water partition coefficient (Wildman–Crippen LogP) is 5.44. The van der Waals surface area contributed by atoms with Gasteiger partial charge in [-0.2, -0.15) is 13.2 Å². The van der Waals surface area contributed by atoms with Crippen LogP contribution in [0.15, 0.2) is 36.4 Å². The number of hydrogen-bond donors (Lipinski definition) is 1. The average molecular weight is 504 g/mol. The zero-order valence-electron chi connectivity index (χ0n) is 21.0. The summed E-state index contributed by atoms with van der Waals surface area (Å²) in [5.74, 6) is 0.178. The topological polar surface area (TPSA) is 64.1 Å². The highest BCUT2D eigenvalue weighted by Crippen LogP contribution is 2.41. The monoisotopic (exact) mass is 503 g/mol. The maximum Gasteiger partial charge on any atom is 0.416 e. The van der Waals surface area contributed by atoms with Gasteiger partial charge in [-0.3, -0.25) is 4.79 Å². The normalized spacial score (nSPS) is 20.9. The van der Waals surface area contributed by atoms with Crippen molar-refractivity contribution in [1.82, 2.24) is 14.7 Å². The lowest BCUT2D eigenvalue weighted by Crippen LogP contribution is -2.57. The highest BCUT2D eigenvalue weighted by molar-refractivity contribution is 5.81. The fourth-order valence-electron chi connectivity index (χ4n) is 5.44. The lowest BCUT2D eigenvalue weighted by atomic mass is 9.90. The van der Waals surface area contributed by atoms with E-state index in [0.717, 1.165) is 23.3 Å². The van der Waals surface area contributed by atoms with Crippen LogP contribution in [0.1, 0.15) is 66.6 Å². The van der Waals surface area contributed by atoms with E-state index >= 15 is 0 Å². The van der Waals surface area contributed by atoms with Crippen molar-refractivity contribution in [2.24, 2.45) is 0 Å². The Morgan fingerprint density at radius 3 is 2.56 bits per heavy atom. The van der Waals surface area contributed by atoms with E-state index in [1.807, 2.05) is 11.8 Å². The number of phenols is 1.